The molecule has 174 valence electrons. The number of hydrogen-bond donors (Lipinski definition) is 3. The molecular weight excluding hydrogens is 432 g/mol. The van der Waals surface area contributed by atoms with Crippen LogP contribution in [0.25, 0.3) is 0 Å². The van der Waals surface area contributed by atoms with E-state index in [4.69, 9.17) is 14.6 Å². The number of phenols is 1. The molecule has 0 amide bonds. The number of carboxylic acids is 1. The number of carbonyl (C=O) groups is 2. The molecule has 0 fully saturated rings. The number of nitrogens with zero attached hydrogens (tertiary/aromatic N) is 1. The Morgan fingerprint density at radius 1 is 1.24 bits per heavy atom. The summed E-state index contributed by atoms with van der Waals surface area (Å²) in [5, 5.41) is 32.9. The Morgan fingerprint density at radius 2 is 2.03 bits per heavy atom. The Bertz CT molecular complexity index is 1100. The van der Waals surface area contributed by atoms with Crippen molar-refractivity contribution in [3.8, 4) is 11.5 Å². The Hall–Kier alpha value is -3.92. The van der Waals surface area contributed by atoms with Crippen molar-refractivity contribution in [3.05, 3.63) is 69.4 Å². The summed E-state index contributed by atoms with van der Waals surface area (Å²) >= 11 is 0. The number of aromatic hydroxyl groups is 1. The van der Waals surface area contributed by atoms with Crippen molar-refractivity contribution in [3.63, 3.8) is 0 Å². The van der Waals surface area contributed by atoms with E-state index in [9.17, 15) is 24.8 Å². The van der Waals surface area contributed by atoms with Crippen LogP contribution in [0.1, 0.15) is 53.3 Å². The number of rotatable bonds is 10. The standard InChI is InChI=1S/C23H24N2O8/c1-2-3-4-5-10-32-23-18(13-24-14-6-8-16(22(28)29)19(26)11-14)21(27)17-12-15(25(30)31)7-9-20(17)33-23/h6-9,11-13,23-24,26H,2-5,10H2,1H3,(H,28,29)/b18-13-. The van der Waals surface area contributed by atoms with Gasteiger partial charge in [0.15, 0.2) is 0 Å². The zero-order valence-corrected chi connectivity index (χ0v) is 17.9. The molecule has 0 aliphatic carbocycles. The van der Waals surface area contributed by atoms with E-state index in [1.165, 1.54) is 36.5 Å². The monoisotopic (exact) mass is 456 g/mol. The maximum atomic E-state index is 13.2. The molecule has 3 rings (SSSR count). The number of carboxylic acid groups (broad SMARTS) is 1. The minimum atomic E-state index is -1.27. The molecule has 1 atom stereocenters. The molecule has 0 spiro atoms. The van der Waals surface area contributed by atoms with Crippen molar-refractivity contribution in [2.45, 2.75) is 38.9 Å². The van der Waals surface area contributed by atoms with E-state index in [1.807, 2.05) is 0 Å². The molecule has 10 heteroatoms. The zero-order chi connectivity index (χ0) is 24.0. The van der Waals surface area contributed by atoms with Gasteiger partial charge in [-0.2, -0.15) is 0 Å². The highest BCUT2D eigenvalue weighted by Crippen LogP contribution is 2.34. The van der Waals surface area contributed by atoms with Crippen molar-refractivity contribution in [1.82, 2.24) is 0 Å². The summed E-state index contributed by atoms with van der Waals surface area (Å²) in [6.07, 6.45) is 4.16. The molecule has 0 aromatic heterocycles. The second-order valence-electron chi connectivity index (χ2n) is 7.43. The van der Waals surface area contributed by atoms with Crippen LogP contribution < -0.4 is 10.1 Å². The van der Waals surface area contributed by atoms with Crippen molar-refractivity contribution >= 4 is 23.1 Å². The summed E-state index contributed by atoms with van der Waals surface area (Å²) in [6, 6.07) is 7.62. The largest absolute Gasteiger partial charge is 0.507 e. The van der Waals surface area contributed by atoms with Gasteiger partial charge in [-0.1, -0.05) is 26.2 Å². The van der Waals surface area contributed by atoms with E-state index in [0.717, 1.165) is 31.7 Å². The first kappa shape index (κ1) is 23.7. The third-order valence-corrected chi connectivity index (χ3v) is 5.06. The number of ether oxygens (including phenoxy) is 2. The fraction of sp³-hybridized carbons (Fsp3) is 0.304. The van der Waals surface area contributed by atoms with Crippen LogP contribution in [0.5, 0.6) is 11.5 Å². The Kier molecular flexibility index (Phi) is 7.62. The second-order valence-corrected chi connectivity index (χ2v) is 7.43. The highest BCUT2D eigenvalue weighted by atomic mass is 16.7. The van der Waals surface area contributed by atoms with Crippen LogP contribution in [0.2, 0.25) is 0 Å². The Morgan fingerprint density at radius 3 is 2.70 bits per heavy atom. The molecule has 10 nitrogen and oxygen atoms in total. The van der Waals surface area contributed by atoms with Crippen molar-refractivity contribution < 1.29 is 34.2 Å². The number of Topliss-reactive ketones (excluding diaryl/α,β-unsaturated/α-hetero) is 1. The SMILES string of the molecule is CCCCCCOC1Oc2ccc([N+](=O)[O-])cc2C(=O)/C1=C/Nc1ccc(C(=O)O)c(O)c1. The van der Waals surface area contributed by atoms with Gasteiger partial charge < -0.3 is 25.0 Å². The minimum absolute atomic E-state index is 0.0344. The second kappa shape index (κ2) is 10.6. The lowest BCUT2D eigenvalue weighted by Crippen LogP contribution is -2.33. The number of anilines is 1. The number of unbranched alkanes of at least 4 members (excludes halogenated alkanes) is 3. The number of nitro groups is 1. The molecule has 2 aromatic rings. The van der Waals surface area contributed by atoms with Crippen LogP contribution >= 0.6 is 0 Å². The third-order valence-electron chi connectivity index (χ3n) is 5.06. The molecule has 1 heterocycles. The number of fused-ring (bicyclic) bond motifs is 1. The van der Waals surface area contributed by atoms with Crippen molar-refractivity contribution in [2.24, 2.45) is 0 Å². The first-order chi connectivity index (χ1) is 15.8. The number of hydrogen-bond acceptors (Lipinski definition) is 8. The molecule has 1 unspecified atom stereocenters. The van der Waals surface area contributed by atoms with E-state index in [1.54, 1.807) is 0 Å². The summed E-state index contributed by atoms with van der Waals surface area (Å²) in [6.45, 7) is 2.44. The Balaban J connectivity index is 1.87. The van der Waals surface area contributed by atoms with Crippen LogP contribution in [0.15, 0.2) is 48.2 Å². The lowest BCUT2D eigenvalue weighted by molar-refractivity contribution is -0.384. The van der Waals surface area contributed by atoms with Gasteiger partial charge >= 0.3 is 5.97 Å². The quantitative estimate of drug-likeness (QED) is 0.203. The summed E-state index contributed by atoms with van der Waals surface area (Å²) in [4.78, 5) is 34.7. The lowest BCUT2D eigenvalue weighted by Gasteiger charge is -2.27. The van der Waals surface area contributed by atoms with Gasteiger partial charge in [0.05, 0.1) is 22.7 Å². The van der Waals surface area contributed by atoms with E-state index < -0.39 is 28.7 Å². The highest BCUT2D eigenvalue weighted by molar-refractivity contribution is 6.12. The summed E-state index contributed by atoms with van der Waals surface area (Å²) in [5.74, 6) is -2.04. The fourth-order valence-electron chi connectivity index (χ4n) is 3.29. The van der Waals surface area contributed by atoms with Crippen molar-refractivity contribution in [1.29, 1.82) is 0 Å². The molecule has 0 saturated carbocycles. The third kappa shape index (κ3) is 5.66. The zero-order valence-electron chi connectivity index (χ0n) is 17.9. The predicted molar refractivity (Wildman–Crippen MR) is 119 cm³/mol. The van der Waals surface area contributed by atoms with Crippen LogP contribution in [0, 0.1) is 10.1 Å². The lowest BCUT2D eigenvalue weighted by atomic mass is 9.99. The topological polar surface area (TPSA) is 148 Å². The fourth-order valence-corrected chi connectivity index (χ4v) is 3.29. The van der Waals surface area contributed by atoms with Gasteiger partial charge in [0, 0.05) is 30.1 Å². The van der Waals surface area contributed by atoms with Crippen molar-refractivity contribution in [2.75, 3.05) is 11.9 Å². The van der Waals surface area contributed by atoms with E-state index in [0.29, 0.717) is 12.3 Å². The number of aromatic carboxylic acids is 1. The molecule has 1 aliphatic heterocycles. The van der Waals surface area contributed by atoms with Gasteiger partial charge in [-0.15, -0.1) is 0 Å². The molecule has 33 heavy (non-hydrogen) atoms. The first-order valence-corrected chi connectivity index (χ1v) is 10.5. The summed E-state index contributed by atoms with van der Waals surface area (Å²) < 4.78 is 11.6. The van der Waals surface area contributed by atoms with E-state index in [2.05, 4.69) is 12.2 Å². The van der Waals surface area contributed by atoms with Gasteiger partial charge in [0.25, 0.3) is 5.69 Å². The number of benzene rings is 2. The molecule has 1 aliphatic rings. The maximum absolute atomic E-state index is 13.2. The molecule has 0 bridgehead atoms. The van der Waals surface area contributed by atoms with Gasteiger partial charge in [0.1, 0.15) is 17.1 Å². The smallest absolute Gasteiger partial charge is 0.339 e. The van der Waals surface area contributed by atoms with Gasteiger partial charge in [-0.3, -0.25) is 14.9 Å². The number of carbonyl (C=O) groups excluding carboxylic acids is 1. The molecular formula is C23H24N2O8. The van der Waals surface area contributed by atoms with E-state index in [-0.39, 0.29) is 28.1 Å². The minimum Gasteiger partial charge on any atom is -0.507 e. The maximum Gasteiger partial charge on any atom is 0.339 e. The number of ketones is 1. The predicted octanol–water partition coefficient (Wildman–Crippen LogP) is 4.49. The van der Waals surface area contributed by atoms with Crippen LogP contribution in [0.3, 0.4) is 0 Å². The summed E-state index contributed by atoms with van der Waals surface area (Å²) in [7, 11) is 0. The van der Waals surface area contributed by atoms with Gasteiger partial charge in [0.2, 0.25) is 12.1 Å². The van der Waals surface area contributed by atoms with Crippen LogP contribution in [0.4, 0.5) is 11.4 Å². The first-order valence-electron chi connectivity index (χ1n) is 10.5. The average Bonchev–Trinajstić information content (AvgIpc) is 2.78. The molecule has 0 saturated heterocycles. The number of nitro benzene ring substituents is 1. The van der Waals surface area contributed by atoms with Gasteiger partial charge in [-0.05, 0) is 24.6 Å². The van der Waals surface area contributed by atoms with E-state index >= 15 is 0 Å². The van der Waals surface area contributed by atoms with Gasteiger partial charge in [-0.25, -0.2) is 4.79 Å². The molecule has 3 N–H and O–H groups in total. The summed E-state index contributed by atoms with van der Waals surface area (Å²) in [5.41, 5.74) is -0.0669. The highest BCUT2D eigenvalue weighted by Gasteiger charge is 2.34. The number of nitrogens with one attached hydrogen (secondary N) is 1. The van der Waals surface area contributed by atoms with Crippen LogP contribution in [-0.2, 0) is 4.74 Å². The molecule has 2 aromatic carbocycles. The number of non-ortho nitro benzene ring substituents is 1. The molecule has 0 radical (unpaired) electrons. The normalized spacial score (nSPS) is 16.2. The van der Waals surface area contributed by atoms with Crippen LogP contribution in [-0.4, -0.2) is 39.8 Å². The average molecular weight is 456 g/mol. The Labute approximate surface area is 189 Å².